The van der Waals surface area contributed by atoms with Gasteiger partial charge >= 0.3 is 12.1 Å². The van der Waals surface area contributed by atoms with Gasteiger partial charge in [-0.05, 0) is 41.8 Å². The molecule has 4 nitrogen and oxygen atoms in total. The topological polar surface area (TPSA) is 49.8 Å². The van der Waals surface area contributed by atoms with E-state index in [0.29, 0.717) is 5.56 Å². The van der Waals surface area contributed by atoms with Crippen molar-refractivity contribution in [2.24, 2.45) is 0 Å². The van der Waals surface area contributed by atoms with Crippen LogP contribution in [0.4, 0.5) is 13.2 Å². The van der Waals surface area contributed by atoms with Crippen LogP contribution < -0.4 is 0 Å². The van der Waals surface area contributed by atoms with Crippen LogP contribution in [0.2, 0.25) is 0 Å². The molecule has 2 aromatic rings. The predicted octanol–water partition coefficient (Wildman–Crippen LogP) is 6.83. The summed E-state index contributed by atoms with van der Waals surface area (Å²) in [5, 5.41) is 10.4. The van der Waals surface area contributed by atoms with E-state index in [1.807, 2.05) is 24.3 Å². The second kappa shape index (κ2) is 14.4. The molecule has 0 saturated heterocycles. The summed E-state index contributed by atoms with van der Waals surface area (Å²) in [5.41, 5.74) is 1.62. The molecule has 0 aliphatic heterocycles. The maximum atomic E-state index is 12.8. The fourth-order valence-corrected chi connectivity index (χ4v) is 3.35. The number of carboxylic acid groups (broad SMARTS) is 1. The van der Waals surface area contributed by atoms with Gasteiger partial charge in [0.15, 0.2) is 6.61 Å². The fraction of sp³-hybridized carbons (Fsp3) is 0.444. The molecule has 0 saturated carbocycles. The van der Waals surface area contributed by atoms with Crippen molar-refractivity contribution >= 4 is 5.97 Å². The van der Waals surface area contributed by atoms with Crippen molar-refractivity contribution in [3.8, 4) is 11.8 Å². The number of hydrogen-bond acceptors (Lipinski definition) is 3. The van der Waals surface area contributed by atoms with Crippen LogP contribution in [0, 0.1) is 11.8 Å². The van der Waals surface area contributed by atoms with Crippen LogP contribution in [0.3, 0.4) is 0 Å². The van der Waals surface area contributed by atoms with Crippen molar-refractivity contribution in [2.75, 3.05) is 6.61 Å². The van der Waals surface area contributed by atoms with E-state index in [2.05, 4.69) is 18.8 Å². The van der Waals surface area contributed by atoms with Crippen LogP contribution in [-0.2, 0) is 28.9 Å². The molecule has 0 amide bonds. The third-order valence-corrected chi connectivity index (χ3v) is 5.21. The van der Waals surface area contributed by atoms with E-state index in [1.54, 1.807) is 0 Å². The van der Waals surface area contributed by atoms with Crippen molar-refractivity contribution in [1.29, 1.82) is 0 Å². The van der Waals surface area contributed by atoms with Crippen LogP contribution in [0.1, 0.15) is 74.1 Å². The fourth-order valence-electron chi connectivity index (χ4n) is 3.35. The zero-order chi connectivity index (χ0) is 24.8. The second-order valence-corrected chi connectivity index (χ2v) is 8.18. The standard InChI is InChI=1S/C27H32F3NO3/c1-2-3-4-5-6-7-8-9-10-22-11-13-23(14-12-22)19-31(34-21-26(32)33)20-24-15-17-25(18-16-24)27(28,29)30/h11-18H,2-8,19-21H2,1H3,(H,32,33). The Hall–Kier alpha value is -2.82. The molecule has 1 N–H and O–H groups in total. The summed E-state index contributed by atoms with van der Waals surface area (Å²) in [7, 11) is 0. The van der Waals surface area contributed by atoms with Crippen molar-refractivity contribution < 1.29 is 27.9 Å². The van der Waals surface area contributed by atoms with Crippen LogP contribution in [-0.4, -0.2) is 22.7 Å². The Bertz CT molecular complexity index is 929. The number of carbonyl (C=O) groups is 1. The first-order chi connectivity index (χ1) is 16.3. The number of benzene rings is 2. The van der Waals surface area contributed by atoms with Gasteiger partial charge in [0, 0.05) is 25.1 Å². The Labute approximate surface area is 199 Å². The lowest BCUT2D eigenvalue weighted by Gasteiger charge is -2.21. The summed E-state index contributed by atoms with van der Waals surface area (Å²) in [6.07, 6.45) is 3.87. The van der Waals surface area contributed by atoms with Gasteiger partial charge in [0.05, 0.1) is 5.56 Å². The molecule has 34 heavy (non-hydrogen) atoms. The number of hydroxylamine groups is 2. The number of aliphatic carboxylic acids is 1. The first kappa shape index (κ1) is 27.4. The molecule has 0 bridgehead atoms. The van der Waals surface area contributed by atoms with Crippen molar-refractivity contribution in [2.45, 2.75) is 71.1 Å². The number of unbranched alkanes of at least 4 members (excludes halogenated alkanes) is 6. The molecule has 0 heterocycles. The molecule has 0 unspecified atom stereocenters. The number of alkyl halides is 3. The normalized spacial score (nSPS) is 11.3. The van der Waals surface area contributed by atoms with E-state index in [9.17, 15) is 18.0 Å². The zero-order valence-corrected chi connectivity index (χ0v) is 19.5. The van der Waals surface area contributed by atoms with E-state index < -0.39 is 24.3 Å². The van der Waals surface area contributed by atoms with Gasteiger partial charge in [0.25, 0.3) is 0 Å². The smallest absolute Gasteiger partial charge is 0.416 e. The number of halogens is 3. The molecule has 0 fully saturated rings. The lowest BCUT2D eigenvalue weighted by molar-refractivity contribution is -0.190. The Morgan fingerprint density at radius 1 is 0.912 bits per heavy atom. The number of hydrogen-bond donors (Lipinski definition) is 1. The molecular weight excluding hydrogens is 443 g/mol. The van der Waals surface area contributed by atoms with Gasteiger partial charge in [-0.2, -0.15) is 18.2 Å². The molecule has 0 atom stereocenters. The summed E-state index contributed by atoms with van der Waals surface area (Å²) in [6, 6.07) is 12.3. The van der Waals surface area contributed by atoms with E-state index in [0.717, 1.165) is 36.1 Å². The molecule has 0 radical (unpaired) electrons. The highest BCUT2D eigenvalue weighted by Crippen LogP contribution is 2.29. The van der Waals surface area contributed by atoms with E-state index in [1.165, 1.54) is 49.3 Å². The average Bonchev–Trinajstić information content (AvgIpc) is 2.80. The minimum atomic E-state index is -4.41. The lowest BCUT2D eigenvalue weighted by atomic mass is 10.1. The van der Waals surface area contributed by atoms with Gasteiger partial charge in [0.2, 0.25) is 0 Å². The molecule has 184 valence electrons. The second-order valence-electron chi connectivity index (χ2n) is 8.18. The van der Waals surface area contributed by atoms with Crippen molar-refractivity contribution in [3.63, 3.8) is 0 Å². The van der Waals surface area contributed by atoms with Crippen LogP contribution in [0.25, 0.3) is 0 Å². The maximum absolute atomic E-state index is 12.8. The number of carboxylic acids is 1. The molecule has 0 aromatic heterocycles. The molecule has 0 aliphatic carbocycles. The molecule has 2 rings (SSSR count). The summed E-state index contributed by atoms with van der Waals surface area (Å²) >= 11 is 0. The first-order valence-electron chi connectivity index (χ1n) is 11.6. The monoisotopic (exact) mass is 475 g/mol. The lowest BCUT2D eigenvalue weighted by Crippen LogP contribution is -2.26. The van der Waals surface area contributed by atoms with Gasteiger partial charge in [-0.25, -0.2) is 4.79 Å². The predicted molar refractivity (Wildman–Crippen MR) is 126 cm³/mol. The third kappa shape index (κ3) is 10.9. The largest absolute Gasteiger partial charge is 0.479 e. The van der Waals surface area contributed by atoms with Crippen molar-refractivity contribution in [3.05, 3.63) is 70.8 Å². The minimum Gasteiger partial charge on any atom is -0.479 e. The summed E-state index contributed by atoms with van der Waals surface area (Å²) in [4.78, 5) is 16.3. The average molecular weight is 476 g/mol. The Balaban J connectivity index is 1.92. The third-order valence-electron chi connectivity index (χ3n) is 5.21. The summed E-state index contributed by atoms with van der Waals surface area (Å²) < 4.78 is 38.3. The number of nitrogens with zero attached hydrogens (tertiary/aromatic N) is 1. The first-order valence-corrected chi connectivity index (χ1v) is 11.6. The molecule has 0 spiro atoms. The molecule has 2 aromatic carbocycles. The molecular formula is C27H32F3NO3. The van der Waals surface area contributed by atoms with Gasteiger partial charge in [-0.1, -0.05) is 75.1 Å². The Morgan fingerprint density at radius 2 is 1.47 bits per heavy atom. The SMILES string of the molecule is CCCCCCCCC#Cc1ccc(CN(Cc2ccc(C(F)(F)F)cc2)OCC(=O)O)cc1. The Morgan fingerprint density at radius 3 is 2.03 bits per heavy atom. The number of rotatable bonds is 13. The van der Waals surface area contributed by atoms with Gasteiger partial charge in [-0.15, -0.1) is 0 Å². The quantitative estimate of drug-likeness (QED) is 0.196. The van der Waals surface area contributed by atoms with E-state index in [-0.39, 0.29) is 13.1 Å². The summed E-state index contributed by atoms with van der Waals surface area (Å²) in [6.45, 7) is 2.09. The van der Waals surface area contributed by atoms with Gasteiger partial charge in [-0.3, -0.25) is 4.84 Å². The van der Waals surface area contributed by atoms with Gasteiger partial charge < -0.3 is 5.11 Å². The van der Waals surface area contributed by atoms with Gasteiger partial charge in [0.1, 0.15) is 0 Å². The van der Waals surface area contributed by atoms with Crippen LogP contribution in [0.15, 0.2) is 48.5 Å². The molecule has 7 heteroatoms. The Kier molecular flexibility index (Phi) is 11.7. The maximum Gasteiger partial charge on any atom is 0.416 e. The molecule has 0 aliphatic rings. The highest BCUT2D eigenvalue weighted by atomic mass is 19.4. The highest BCUT2D eigenvalue weighted by molar-refractivity contribution is 5.67. The summed E-state index contributed by atoms with van der Waals surface area (Å²) in [5.74, 6) is 5.23. The van der Waals surface area contributed by atoms with Crippen LogP contribution in [0.5, 0.6) is 0 Å². The highest BCUT2D eigenvalue weighted by Gasteiger charge is 2.30. The van der Waals surface area contributed by atoms with E-state index in [4.69, 9.17) is 9.94 Å². The zero-order valence-electron chi connectivity index (χ0n) is 19.5. The van der Waals surface area contributed by atoms with E-state index >= 15 is 0 Å². The van der Waals surface area contributed by atoms with Crippen LogP contribution >= 0.6 is 0 Å². The minimum absolute atomic E-state index is 0.144. The van der Waals surface area contributed by atoms with Crippen molar-refractivity contribution in [1.82, 2.24) is 5.06 Å².